The monoisotopic (exact) mass is 230 g/mol. The van der Waals surface area contributed by atoms with Crippen LogP contribution in [0.5, 0.6) is 0 Å². The van der Waals surface area contributed by atoms with Gasteiger partial charge < -0.3 is 9.14 Å². The molecule has 2 aromatic heterocycles. The molecule has 0 radical (unpaired) electrons. The van der Waals surface area contributed by atoms with E-state index in [0.29, 0.717) is 0 Å². The molecule has 0 N–H and O–H groups in total. The minimum Gasteiger partial charge on any atom is -0.381 e. The van der Waals surface area contributed by atoms with Gasteiger partial charge in [-0.2, -0.15) is 0 Å². The SMILES string of the molecule is Cc1cccn2cc(CC3CCOCC3)nc12. The van der Waals surface area contributed by atoms with E-state index in [9.17, 15) is 0 Å². The zero-order chi connectivity index (χ0) is 11.7. The van der Waals surface area contributed by atoms with Crippen LogP contribution in [0.15, 0.2) is 24.5 Å². The molecule has 3 rings (SSSR count). The van der Waals surface area contributed by atoms with E-state index in [4.69, 9.17) is 9.72 Å². The molecule has 0 spiro atoms. The maximum absolute atomic E-state index is 5.39. The first kappa shape index (κ1) is 10.8. The van der Waals surface area contributed by atoms with Crippen LogP contribution in [0.25, 0.3) is 5.65 Å². The van der Waals surface area contributed by atoms with Gasteiger partial charge in [-0.25, -0.2) is 4.98 Å². The molecule has 2 aromatic rings. The smallest absolute Gasteiger partial charge is 0.139 e. The maximum Gasteiger partial charge on any atom is 0.139 e. The minimum atomic E-state index is 0.744. The number of nitrogens with zero attached hydrogens (tertiary/aromatic N) is 2. The molecule has 3 heterocycles. The Hall–Kier alpha value is -1.35. The van der Waals surface area contributed by atoms with E-state index >= 15 is 0 Å². The number of rotatable bonds is 2. The summed E-state index contributed by atoms with van der Waals surface area (Å²) in [5, 5.41) is 0. The Balaban J connectivity index is 1.83. The highest BCUT2D eigenvalue weighted by Gasteiger charge is 2.16. The van der Waals surface area contributed by atoms with Gasteiger partial charge in [0.15, 0.2) is 0 Å². The molecule has 1 saturated heterocycles. The molecule has 0 unspecified atom stereocenters. The van der Waals surface area contributed by atoms with Gasteiger partial charge in [0.05, 0.1) is 5.69 Å². The van der Waals surface area contributed by atoms with Crippen LogP contribution in [-0.2, 0) is 11.2 Å². The van der Waals surface area contributed by atoms with E-state index in [1.165, 1.54) is 24.1 Å². The van der Waals surface area contributed by atoms with Crippen molar-refractivity contribution in [3.05, 3.63) is 35.8 Å². The molecule has 3 nitrogen and oxygen atoms in total. The van der Waals surface area contributed by atoms with Crippen LogP contribution < -0.4 is 0 Å². The number of fused-ring (bicyclic) bond motifs is 1. The van der Waals surface area contributed by atoms with Crippen molar-refractivity contribution in [2.45, 2.75) is 26.2 Å². The first-order valence-electron chi connectivity index (χ1n) is 6.34. The number of hydrogen-bond donors (Lipinski definition) is 0. The first-order chi connectivity index (χ1) is 8.33. The molecule has 90 valence electrons. The fourth-order valence-electron chi connectivity index (χ4n) is 2.55. The molecular weight excluding hydrogens is 212 g/mol. The van der Waals surface area contributed by atoms with Crippen molar-refractivity contribution in [2.24, 2.45) is 5.92 Å². The zero-order valence-electron chi connectivity index (χ0n) is 10.2. The van der Waals surface area contributed by atoms with Crippen LogP contribution in [0.2, 0.25) is 0 Å². The molecule has 3 heteroatoms. The lowest BCUT2D eigenvalue weighted by atomic mass is 9.95. The number of pyridine rings is 1. The van der Waals surface area contributed by atoms with E-state index in [2.05, 4.69) is 35.9 Å². The Kier molecular flexibility index (Phi) is 2.85. The van der Waals surface area contributed by atoms with Crippen LogP contribution in [0.1, 0.15) is 24.1 Å². The molecule has 1 aliphatic rings. The second kappa shape index (κ2) is 4.49. The molecule has 0 aromatic carbocycles. The summed E-state index contributed by atoms with van der Waals surface area (Å²) >= 11 is 0. The van der Waals surface area contributed by atoms with Crippen molar-refractivity contribution in [1.82, 2.24) is 9.38 Å². The lowest BCUT2D eigenvalue weighted by Gasteiger charge is -2.20. The number of aromatic nitrogens is 2. The van der Waals surface area contributed by atoms with E-state index in [1.807, 2.05) is 0 Å². The normalized spacial score (nSPS) is 17.7. The van der Waals surface area contributed by atoms with Gasteiger partial charge in [0, 0.05) is 25.6 Å². The lowest BCUT2D eigenvalue weighted by Crippen LogP contribution is -2.17. The fraction of sp³-hybridized carbons (Fsp3) is 0.500. The molecule has 0 atom stereocenters. The first-order valence-corrected chi connectivity index (χ1v) is 6.34. The third-order valence-corrected chi connectivity index (χ3v) is 3.57. The molecule has 0 aliphatic carbocycles. The Morgan fingerprint density at radius 3 is 3.00 bits per heavy atom. The summed E-state index contributed by atoms with van der Waals surface area (Å²) in [6.07, 6.45) is 7.67. The summed E-state index contributed by atoms with van der Waals surface area (Å²) < 4.78 is 7.52. The summed E-state index contributed by atoms with van der Waals surface area (Å²) in [5.74, 6) is 0.744. The molecule has 0 bridgehead atoms. The maximum atomic E-state index is 5.39. The summed E-state index contributed by atoms with van der Waals surface area (Å²) in [6, 6.07) is 4.18. The predicted molar refractivity (Wildman–Crippen MR) is 67.2 cm³/mol. The summed E-state index contributed by atoms with van der Waals surface area (Å²) in [6.45, 7) is 3.94. The van der Waals surface area contributed by atoms with Crippen molar-refractivity contribution in [2.75, 3.05) is 13.2 Å². The predicted octanol–water partition coefficient (Wildman–Crippen LogP) is 2.61. The molecule has 17 heavy (non-hydrogen) atoms. The van der Waals surface area contributed by atoms with Crippen LogP contribution in [0, 0.1) is 12.8 Å². The van der Waals surface area contributed by atoms with Crippen molar-refractivity contribution >= 4 is 5.65 Å². The van der Waals surface area contributed by atoms with Gasteiger partial charge in [0.1, 0.15) is 5.65 Å². The second-order valence-corrected chi connectivity index (χ2v) is 4.91. The molecule has 0 saturated carbocycles. The van der Waals surface area contributed by atoms with Gasteiger partial charge in [-0.1, -0.05) is 6.07 Å². The average Bonchev–Trinajstić information content (AvgIpc) is 2.74. The standard InChI is InChI=1S/C14H18N2O/c1-11-3-2-6-16-10-13(15-14(11)16)9-12-4-7-17-8-5-12/h2-3,6,10,12H,4-5,7-9H2,1H3. The third kappa shape index (κ3) is 2.20. The Morgan fingerprint density at radius 1 is 1.41 bits per heavy atom. The van der Waals surface area contributed by atoms with E-state index in [-0.39, 0.29) is 0 Å². The highest BCUT2D eigenvalue weighted by Crippen LogP contribution is 2.20. The van der Waals surface area contributed by atoms with E-state index < -0.39 is 0 Å². The van der Waals surface area contributed by atoms with Gasteiger partial charge in [-0.3, -0.25) is 0 Å². The van der Waals surface area contributed by atoms with Crippen LogP contribution >= 0.6 is 0 Å². The Labute approximate surface area is 101 Å². The van der Waals surface area contributed by atoms with Gasteiger partial charge in [-0.05, 0) is 43.7 Å². The van der Waals surface area contributed by atoms with Crippen molar-refractivity contribution < 1.29 is 4.74 Å². The van der Waals surface area contributed by atoms with E-state index in [1.54, 1.807) is 0 Å². The quantitative estimate of drug-likeness (QED) is 0.792. The van der Waals surface area contributed by atoms with Crippen molar-refractivity contribution in [3.8, 4) is 0 Å². The van der Waals surface area contributed by atoms with Gasteiger partial charge in [0.25, 0.3) is 0 Å². The third-order valence-electron chi connectivity index (χ3n) is 3.57. The Morgan fingerprint density at radius 2 is 2.24 bits per heavy atom. The summed E-state index contributed by atoms with van der Waals surface area (Å²) in [4.78, 5) is 4.73. The summed E-state index contributed by atoms with van der Waals surface area (Å²) in [7, 11) is 0. The number of imidazole rings is 1. The number of ether oxygens (including phenoxy) is 1. The van der Waals surface area contributed by atoms with Crippen LogP contribution in [0.4, 0.5) is 0 Å². The average molecular weight is 230 g/mol. The number of aryl methyl sites for hydroxylation is 1. The topological polar surface area (TPSA) is 26.5 Å². The molecule has 1 aliphatic heterocycles. The van der Waals surface area contributed by atoms with Gasteiger partial charge >= 0.3 is 0 Å². The van der Waals surface area contributed by atoms with Crippen LogP contribution in [-0.4, -0.2) is 22.6 Å². The number of hydrogen-bond acceptors (Lipinski definition) is 2. The minimum absolute atomic E-state index is 0.744. The van der Waals surface area contributed by atoms with E-state index in [0.717, 1.165) is 31.2 Å². The largest absolute Gasteiger partial charge is 0.381 e. The van der Waals surface area contributed by atoms with Gasteiger partial charge in [0.2, 0.25) is 0 Å². The summed E-state index contributed by atoms with van der Waals surface area (Å²) in [5.41, 5.74) is 3.55. The molecular formula is C14H18N2O. The second-order valence-electron chi connectivity index (χ2n) is 4.91. The lowest BCUT2D eigenvalue weighted by molar-refractivity contribution is 0.0663. The van der Waals surface area contributed by atoms with Gasteiger partial charge in [-0.15, -0.1) is 0 Å². The molecule has 1 fully saturated rings. The Bertz CT molecular complexity index is 512. The molecule has 0 amide bonds. The van der Waals surface area contributed by atoms with Crippen LogP contribution in [0.3, 0.4) is 0 Å². The fourth-order valence-corrected chi connectivity index (χ4v) is 2.55. The highest BCUT2D eigenvalue weighted by molar-refractivity contribution is 5.47. The highest BCUT2D eigenvalue weighted by atomic mass is 16.5. The van der Waals surface area contributed by atoms with Crippen molar-refractivity contribution in [3.63, 3.8) is 0 Å². The van der Waals surface area contributed by atoms with Crippen molar-refractivity contribution in [1.29, 1.82) is 0 Å². The zero-order valence-corrected chi connectivity index (χ0v) is 10.2.